The van der Waals surface area contributed by atoms with E-state index in [0.717, 1.165) is 0 Å². The van der Waals surface area contributed by atoms with Crippen molar-refractivity contribution in [2.75, 3.05) is 0 Å². The van der Waals surface area contributed by atoms with Gasteiger partial charge in [-0.2, -0.15) is 0 Å². The number of aromatic hydroxyl groups is 1. The van der Waals surface area contributed by atoms with Crippen LogP contribution in [0.1, 0.15) is 36.4 Å². The summed E-state index contributed by atoms with van der Waals surface area (Å²) >= 11 is 3.09. The third kappa shape index (κ3) is 2.12. The zero-order valence-corrected chi connectivity index (χ0v) is 10.1. The third-order valence-corrected chi connectivity index (χ3v) is 2.85. The van der Waals surface area contributed by atoms with Crippen molar-refractivity contribution in [2.45, 2.75) is 26.7 Å². The monoisotopic (exact) mass is 274 g/mol. The molecular formula is C10H11BrO4. The van der Waals surface area contributed by atoms with Gasteiger partial charge in [-0.3, -0.25) is 4.79 Å². The van der Waals surface area contributed by atoms with Crippen molar-refractivity contribution in [3.8, 4) is 5.75 Å². The fourth-order valence-corrected chi connectivity index (χ4v) is 1.76. The molecule has 82 valence electrons. The number of aryl methyl sites for hydroxylation is 1. The van der Waals surface area contributed by atoms with Crippen molar-refractivity contribution >= 4 is 21.7 Å². The van der Waals surface area contributed by atoms with Crippen molar-refractivity contribution in [3.05, 3.63) is 26.2 Å². The first kappa shape index (κ1) is 12.0. The van der Waals surface area contributed by atoms with Gasteiger partial charge < -0.3 is 9.52 Å². The quantitative estimate of drug-likeness (QED) is 0.859. The molecule has 1 rings (SSSR count). The van der Waals surface area contributed by atoms with Crippen LogP contribution in [0.3, 0.4) is 0 Å². The summed E-state index contributed by atoms with van der Waals surface area (Å²) in [5.41, 5.74) is -1.05. The highest BCUT2D eigenvalue weighted by atomic mass is 79.9. The maximum atomic E-state index is 11.4. The number of hydrogen-bond donors (Lipinski definition) is 1. The van der Waals surface area contributed by atoms with Crippen molar-refractivity contribution in [1.82, 2.24) is 0 Å². The van der Waals surface area contributed by atoms with E-state index >= 15 is 0 Å². The largest absolute Gasteiger partial charge is 0.506 e. The Labute approximate surface area is 95.0 Å². The first-order valence-corrected chi connectivity index (χ1v) is 5.39. The van der Waals surface area contributed by atoms with Gasteiger partial charge in [0.25, 0.3) is 0 Å². The summed E-state index contributed by atoms with van der Waals surface area (Å²) in [6.07, 6.45) is 0.611. The van der Waals surface area contributed by atoms with Crippen molar-refractivity contribution in [2.24, 2.45) is 0 Å². The van der Waals surface area contributed by atoms with Crippen LogP contribution in [0, 0.1) is 0 Å². The van der Waals surface area contributed by atoms with Gasteiger partial charge >= 0.3 is 5.63 Å². The number of ketones is 1. The zero-order chi connectivity index (χ0) is 11.6. The molecule has 5 heteroatoms. The van der Waals surface area contributed by atoms with E-state index in [1.807, 2.05) is 0 Å². The van der Waals surface area contributed by atoms with Gasteiger partial charge in [-0.25, -0.2) is 4.79 Å². The fourth-order valence-electron chi connectivity index (χ4n) is 1.20. The van der Waals surface area contributed by atoms with E-state index in [1.54, 1.807) is 13.8 Å². The number of halogens is 1. The highest BCUT2D eigenvalue weighted by Crippen LogP contribution is 2.29. The molecule has 0 atom stereocenters. The summed E-state index contributed by atoms with van der Waals surface area (Å²) in [5.74, 6) is -0.412. The van der Waals surface area contributed by atoms with Crippen LogP contribution in [0.25, 0.3) is 0 Å². The van der Waals surface area contributed by atoms with Crippen LogP contribution in [-0.2, 0) is 6.42 Å². The molecule has 0 aliphatic carbocycles. The minimum atomic E-state index is -0.778. The molecule has 0 unspecified atom stereocenters. The standard InChI is InChI=1S/C10H11BrO4/c1-3-5(12)7-9(13)8(11)6(4-2)15-10(7)14/h13H,3-4H2,1-2H3. The highest BCUT2D eigenvalue weighted by Gasteiger charge is 2.21. The Hall–Kier alpha value is -1.10. The second-order valence-electron chi connectivity index (χ2n) is 2.98. The first-order valence-electron chi connectivity index (χ1n) is 4.60. The van der Waals surface area contributed by atoms with Crippen LogP contribution >= 0.6 is 15.9 Å². The van der Waals surface area contributed by atoms with Crippen molar-refractivity contribution < 1.29 is 14.3 Å². The Morgan fingerprint density at radius 2 is 2.07 bits per heavy atom. The van der Waals surface area contributed by atoms with Crippen LogP contribution in [0.15, 0.2) is 13.7 Å². The molecule has 1 N–H and O–H groups in total. The minimum Gasteiger partial charge on any atom is -0.506 e. The maximum absolute atomic E-state index is 11.4. The summed E-state index contributed by atoms with van der Waals surface area (Å²) in [7, 11) is 0. The number of carbonyl (C=O) groups is 1. The molecule has 1 heterocycles. The van der Waals surface area contributed by atoms with Gasteiger partial charge in [-0.15, -0.1) is 0 Å². The average Bonchev–Trinajstić information content (AvgIpc) is 2.23. The lowest BCUT2D eigenvalue weighted by Crippen LogP contribution is -2.15. The molecular weight excluding hydrogens is 264 g/mol. The molecule has 0 amide bonds. The van der Waals surface area contributed by atoms with Crippen LogP contribution in [-0.4, -0.2) is 10.9 Å². The molecule has 0 fully saturated rings. The number of carbonyl (C=O) groups excluding carboxylic acids is 1. The molecule has 0 aliphatic rings. The van der Waals surface area contributed by atoms with E-state index in [4.69, 9.17) is 4.42 Å². The Morgan fingerprint density at radius 1 is 1.47 bits per heavy atom. The van der Waals surface area contributed by atoms with Gasteiger partial charge in [0.2, 0.25) is 0 Å². The van der Waals surface area contributed by atoms with Crippen LogP contribution < -0.4 is 5.63 Å². The van der Waals surface area contributed by atoms with Crippen LogP contribution in [0.5, 0.6) is 5.75 Å². The molecule has 4 nitrogen and oxygen atoms in total. The van der Waals surface area contributed by atoms with Crippen LogP contribution in [0.4, 0.5) is 0 Å². The second-order valence-corrected chi connectivity index (χ2v) is 3.77. The molecule has 0 radical (unpaired) electrons. The van der Waals surface area contributed by atoms with Gasteiger partial charge in [0.1, 0.15) is 11.3 Å². The lowest BCUT2D eigenvalue weighted by Gasteiger charge is -2.05. The van der Waals surface area contributed by atoms with E-state index in [1.165, 1.54) is 0 Å². The molecule has 0 bridgehead atoms. The van der Waals surface area contributed by atoms with E-state index in [2.05, 4.69) is 15.9 Å². The maximum Gasteiger partial charge on any atom is 0.350 e. The van der Waals surface area contributed by atoms with Crippen molar-refractivity contribution in [3.63, 3.8) is 0 Å². The molecule has 0 spiro atoms. The Balaban J connectivity index is 3.50. The highest BCUT2D eigenvalue weighted by molar-refractivity contribution is 9.10. The zero-order valence-electron chi connectivity index (χ0n) is 8.46. The van der Waals surface area contributed by atoms with Gasteiger partial charge in [0.05, 0.1) is 4.47 Å². The molecule has 0 aliphatic heterocycles. The summed E-state index contributed by atoms with van der Waals surface area (Å²) in [4.78, 5) is 22.8. The molecule has 1 aromatic rings. The smallest absolute Gasteiger partial charge is 0.350 e. The minimum absolute atomic E-state index is 0.149. The van der Waals surface area contributed by atoms with E-state index in [-0.39, 0.29) is 22.2 Å². The lowest BCUT2D eigenvalue weighted by atomic mass is 10.1. The molecule has 0 saturated carbocycles. The predicted molar refractivity (Wildman–Crippen MR) is 58.3 cm³/mol. The molecule has 15 heavy (non-hydrogen) atoms. The SMILES string of the molecule is CCC(=O)c1c(O)c(Br)c(CC)oc1=O. The Morgan fingerprint density at radius 3 is 2.53 bits per heavy atom. The topological polar surface area (TPSA) is 67.5 Å². The number of Topliss-reactive ketones (excluding diaryl/α,β-unsaturated/α-hetero) is 1. The predicted octanol–water partition coefficient (Wildman–Crippen LogP) is 2.26. The normalized spacial score (nSPS) is 10.3. The number of rotatable bonds is 3. The molecule has 0 saturated heterocycles. The van der Waals surface area contributed by atoms with E-state index in [0.29, 0.717) is 12.2 Å². The van der Waals surface area contributed by atoms with Gasteiger partial charge in [0.15, 0.2) is 11.5 Å². The van der Waals surface area contributed by atoms with E-state index in [9.17, 15) is 14.7 Å². The van der Waals surface area contributed by atoms with Crippen molar-refractivity contribution in [1.29, 1.82) is 0 Å². The van der Waals surface area contributed by atoms with E-state index < -0.39 is 11.4 Å². The Bertz CT molecular complexity index is 447. The lowest BCUT2D eigenvalue weighted by molar-refractivity contribution is 0.0980. The van der Waals surface area contributed by atoms with Gasteiger partial charge in [-0.1, -0.05) is 13.8 Å². The van der Waals surface area contributed by atoms with Gasteiger partial charge in [0, 0.05) is 12.8 Å². The molecule has 0 aromatic carbocycles. The summed E-state index contributed by atoms with van der Waals surface area (Å²) in [6.45, 7) is 3.40. The molecule has 1 aromatic heterocycles. The summed E-state index contributed by atoms with van der Waals surface area (Å²) < 4.78 is 5.19. The van der Waals surface area contributed by atoms with Crippen LogP contribution in [0.2, 0.25) is 0 Å². The number of hydrogen-bond acceptors (Lipinski definition) is 4. The second kappa shape index (κ2) is 4.61. The fraction of sp³-hybridized carbons (Fsp3) is 0.400. The third-order valence-electron chi connectivity index (χ3n) is 2.03. The summed E-state index contributed by atoms with van der Waals surface area (Å²) in [6, 6.07) is 0. The average molecular weight is 275 g/mol. The Kier molecular flexibility index (Phi) is 3.68. The van der Waals surface area contributed by atoms with Gasteiger partial charge in [-0.05, 0) is 15.9 Å². The summed E-state index contributed by atoms with van der Waals surface area (Å²) in [5, 5.41) is 9.66. The first-order chi connectivity index (χ1) is 7.02.